The van der Waals surface area contributed by atoms with Crippen molar-refractivity contribution in [1.29, 1.82) is 0 Å². The van der Waals surface area contributed by atoms with Gasteiger partial charge in [-0.2, -0.15) is 0 Å². The molecule has 2 rings (SSSR count). The maximum Gasteiger partial charge on any atom is 0.0332 e. The average molecular weight is 341 g/mol. The zero-order chi connectivity index (χ0) is 9.26. The lowest BCUT2D eigenvalue weighted by Crippen LogP contribution is -2.13. The molecule has 0 amide bonds. The summed E-state index contributed by atoms with van der Waals surface area (Å²) in [7, 11) is 0. The molecule has 1 atom stereocenters. The van der Waals surface area contributed by atoms with E-state index in [9.17, 15) is 0 Å². The van der Waals surface area contributed by atoms with E-state index >= 15 is 0 Å². The highest BCUT2D eigenvalue weighted by Crippen LogP contribution is 2.31. The van der Waals surface area contributed by atoms with E-state index in [1.807, 2.05) is 0 Å². The third-order valence-corrected chi connectivity index (χ3v) is 3.61. The molecule has 0 saturated carbocycles. The Morgan fingerprint density at radius 2 is 2.07 bits per heavy atom. The Labute approximate surface area is 107 Å². The summed E-state index contributed by atoms with van der Waals surface area (Å²) in [6.07, 6.45) is 2.53. The minimum atomic E-state index is 0. The number of hydrogen-bond acceptors (Lipinski definition) is 1. The van der Waals surface area contributed by atoms with Gasteiger partial charge in [0.2, 0.25) is 0 Å². The molecule has 0 bridgehead atoms. The molecule has 1 aliphatic rings. The number of hydrogen-bond donors (Lipinski definition) is 1. The summed E-state index contributed by atoms with van der Waals surface area (Å²) < 4.78 is 2.36. The average Bonchev–Trinajstić information content (AvgIpc) is 2.61. The molecule has 1 aromatic carbocycles. The first kappa shape index (κ1) is 12.5. The van der Waals surface area contributed by atoms with Gasteiger partial charge < -0.3 is 5.32 Å². The molecule has 4 heteroatoms. The van der Waals surface area contributed by atoms with Crippen molar-refractivity contribution in [1.82, 2.24) is 5.32 Å². The quantitative estimate of drug-likeness (QED) is 0.812. The number of halogens is 3. The van der Waals surface area contributed by atoms with Crippen LogP contribution in [0.4, 0.5) is 0 Å². The summed E-state index contributed by atoms with van der Waals surface area (Å²) in [5, 5.41) is 3.49. The molecule has 1 nitrogen and oxygen atoms in total. The Morgan fingerprint density at radius 3 is 2.71 bits per heavy atom. The topological polar surface area (TPSA) is 12.0 Å². The molecule has 0 unspecified atom stereocenters. The second-order valence-electron chi connectivity index (χ2n) is 3.31. The van der Waals surface area contributed by atoms with Crippen LogP contribution in [-0.4, -0.2) is 6.54 Å². The highest BCUT2D eigenvalue weighted by molar-refractivity contribution is 9.11. The van der Waals surface area contributed by atoms with Gasteiger partial charge in [0.25, 0.3) is 0 Å². The van der Waals surface area contributed by atoms with Crippen molar-refractivity contribution in [3.63, 3.8) is 0 Å². The molecule has 1 fully saturated rings. The van der Waals surface area contributed by atoms with Crippen LogP contribution in [0, 0.1) is 0 Å². The summed E-state index contributed by atoms with van der Waals surface area (Å²) in [4.78, 5) is 0. The Kier molecular flexibility index (Phi) is 4.91. The Hall–Kier alpha value is 0.430. The van der Waals surface area contributed by atoms with Crippen LogP contribution in [0.15, 0.2) is 27.1 Å². The lowest BCUT2D eigenvalue weighted by atomic mass is 10.1. The molecule has 78 valence electrons. The molecule has 1 N–H and O–H groups in total. The normalized spacial score (nSPS) is 20.6. The van der Waals surface area contributed by atoms with Gasteiger partial charge in [0, 0.05) is 15.0 Å². The number of benzene rings is 1. The van der Waals surface area contributed by atoms with Gasteiger partial charge >= 0.3 is 0 Å². The zero-order valence-corrected chi connectivity index (χ0v) is 11.6. The van der Waals surface area contributed by atoms with Crippen molar-refractivity contribution < 1.29 is 0 Å². The molecule has 1 aromatic rings. The second kappa shape index (κ2) is 5.50. The summed E-state index contributed by atoms with van der Waals surface area (Å²) in [5.74, 6) is 0. The van der Waals surface area contributed by atoms with E-state index in [1.54, 1.807) is 0 Å². The van der Waals surface area contributed by atoms with Crippen LogP contribution >= 0.6 is 44.3 Å². The van der Waals surface area contributed by atoms with Crippen LogP contribution in [0.5, 0.6) is 0 Å². The second-order valence-corrected chi connectivity index (χ2v) is 5.08. The van der Waals surface area contributed by atoms with Crippen molar-refractivity contribution in [3.05, 3.63) is 32.7 Å². The van der Waals surface area contributed by atoms with Gasteiger partial charge in [0.1, 0.15) is 0 Å². The minimum Gasteiger partial charge on any atom is -0.310 e. The van der Waals surface area contributed by atoms with Crippen LogP contribution in [-0.2, 0) is 0 Å². The summed E-state index contributed by atoms with van der Waals surface area (Å²) in [5.41, 5.74) is 1.37. The molecule has 0 aliphatic carbocycles. The highest BCUT2D eigenvalue weighted by Gasteiger charge is 2.18. The van der Waals surface area contributed by atoms with Gasteiger partial charge in [0.15, 0.2) is 0 Å². The van der Waals surface area contributed by atoms with E-state index in [4.69, 9.17) is 0 Å². The predicted octanol–water partition coefficient (Wildman–Crippen LogP) is 4.06. The van der Waals surface area contributed by atoms with Crippen LogP contribution in [0.2, 0.25) is 0 Å². The van der Waals surface area contributed by atoms with Gasteiger partial charge in [0.05, 0.1) is 0 Å². The maximum absolute atomic E-state index is 3.58. The Bertz CT molecular complexity index is 311. The molecule has 0 aromatic heterocycles. The fraction of sp³-hybridized carbons (Fsp3) is 0.400. The first-order valence-electron chi connectivity index (χ1n) is 4.46. The van der Waals surface area contributed by atoms with E-state index in [2.05, 4.69) is 55.4 Å². The Balaban J connectivity index is 0.000000980. The van der Waals surface area contributed by atoms with E-state index in [0.717, 1.165) is 11.0 Å². The fourth-order valence-electron chi connectivity index (χ4n) is 1.73. The zero-order valence-electron chi connectivity index (χ0n) is 7.59. The largest absolute Gasteiger partial charge is 0.310 e. The number of rotatable bonds is 1. The smallest absolute Gasteiger partial charge is 0.0332 e. The molecule has 0 radical (unpaired) electrons. The van der Waals surface area contributed by atoms with E-state index in [1.165, 1.54) is 22.9 Å². The van der Waals surface area contributed by atoms with Gasteiger partial charge in [-0.1, -0.05) is 31.9 Å². The summed E-state index contributed by atoms with van der Waals surface area (Å²) >= 11 is 7.07. The summed E-state index contributed by atoms with van der Waals surface area (Å²) in [6, 6.07) is 6.88. The summed E-state index contributed by atoms with van der Waals surface area (Å²) in [6.45, 7) is 1.14. The Morgan fingerprint density at radius 1 is 1.29 bits per heavy atom. The predicted molar refractivity (Wildman–Crippen MR) is 69.1 cm³/mol. The molecule has 1 aliphatic heterocycles. The number of nitrogens with one attached hydrogen (secondary N) is 1. The highest BCUT2D eigenvalue weighted by atomic mass is 79.9. The van der Waals surface area contributed by atoms with Crippen molar-refractivity contribution in [2.24, 2.45) is 0 Å². The van der Waals surface area contributed by atoms with E-state index in [0.29, 0.717) is 6.04 Å². The van der Waals surface area contributed by atoms with Gasteiger partial charge in [-0.25, -0.2) is 0 Å². The first-order chi connectivity index (χ1) is 6.27. The lowest BCUT2D eigenvalue weighted by Gasteiger charge is -2.12. The first-order valence-corrected chi connectivity index (χ1v) is 6.04. The van der Waals surface area contributed by atoms with Crippen LogP contribution < -0.4 is 5.32 Å². The van der Waals surface area contributed by atoms with Crippen molar-refractivity contribution in [2.75, 3.05) is 6.54 Å². The third kappa shape index (κ3) is 2.72. The van der Waals surface area contributed by atoms with Crippen LogP contribution in [0.1, 0.15) is 24.4 Å². The van der Waals surface area contributed by atoms with Crippen molar-refractivity contribution in [3.8, 4) is 0 Å². The van der Waals surface area contributed by atoms with E-state index < -0.39 is 0 Å². The lowest BCUT2D eigenvalue weighted by molar-refractivity contribution is 0.644. The monoisotopic (exact) mass is 339 g/mol. The minimum absolute atomic E-state index is 0. The van der Waals surface area contributed by atoms with Crippen molar-refractivity contribution in [2.45, 2.75) is 18.9 Å². The fourth-order valence-corrected chi connectivity index (χ4v) is 2.63. The van der Waals surface area contributed by atoms with Gasteiger partial charge in [-0.3, -0.25) is 0 Å². The molecule has 14 heavy (non-hydrogen) atoms. The van der Waals surface area contributed by atoms with Crippen LogP contribution in [0.3, 0.4) is 0 Å². The molecular weight excluding hydrogens is 329 g/mol. The van der Waals surface area contributed by atoms with Crippen LogP contribution in [0.25, 0.3) is 0 Å². The SMILES string of the molecule is Brc1ccc(Br)c([C@@H]2CCCN2)c1.Cl. The molecule has 0 spiro atoms. The van der Waals surface area contributed by atoms with Gasteiger partial charge in [-0.05, 0) is 43.1 Å². The standard InChI is InChI=1S/C10H11Br2N.ClH/c11-7-3-4-9(12)8(6-7)10-2-1-5-13-10;/h3-4,6,10,13H,1-2,5H2;1H/t10-;/m0./s1. The van der Waals surface area contributed by atoms with Crippen molar-refractivity contribution >= 4 is 44.3 Å². The molecule has 1 saturated heterocycles. The van der Waals surface area contributed by atoms with Gasteiger partial charge in [-0.15, -0.1) is 12.4 Å². The van der Waals surface area contributed by atoms with E-state index in [-0.39, 0.29) is 12.4 Å². The maximum atomic E-state index is 3.58. The molecular formula is C10H12Br2ClN. The third-order valence-electron chi connectivity index (χ3n) is 2.39. The molecule has 1 heterocycles.